The summed E-state index contributed by atoms with van der Waals surface area (Å²) in [5.41, 5.74) is 0.779. The highest BCUT2D eigenvalue weighted by Crippen LogP contribution is 2.30. The third-order valence-electron chi connectivity index (χ3n) is 2.91. The Bertz CT molecular complexity index is 391. The quantitative estimate of drug-likeness (QED) is 0.815. The fraction of sp³-hybridized carbons (Fsp3) is 0.571. The summed E-state index contributed by atoms with van der Waals surface area (Å²) in [4.78, 5) is 0. The highest BCUT2D eigenvalue weighted by molar-refractivity contribution is 5.43. The second-order valence-corrected chi connectivity index (χ2v) is 5.02. The van der Waals surface area contributed by atoms with E-state index in [1.807, 2.05) is 32.0 Å². The number of benzene rings is 1. The molecule has 0 aliphatic heterocycles. The van der Waals surface area contributed by atoms with Gasteiger partial charge in [-0.3, -0.25) is 0 Å². The van der Waals surface area contributed by atoms with Crippen molar-refractivity contribution in [1.29, 1.82) is 0 Å². The standard InChI is InChI=1S/C14H23NO3/c1-10(15-14(2,3)9-16)11-6-7-12(17-4)13(8-11)18-5/h6-8,10,15-16H,9H2,1-5H3. The number of hydrogen-bond donors (Lipinski definition) is 2. The first kappa shape index (κ1) is 14.8. The Morgan fingerprint density at radius 1 is 1.22 bits per heavy atom. The summed E-state index contributed by atoms with van der Waals surface area (Å²) < 4.78 is 10.5. The summed E-state index contributed by atoms with van der Waals surface area (Å²) in [7, 11) is 3.24. The largest absolute Gasteiger partial charge is 0.493 e. The van der Waals surface area contributed by atoms with Crippen LogP contribution in [0.3, 0.4) is 0 Å². The molecule has 1 rings (SSSR count). The molecule has 0 aromatic heterocycles. The molecule has 1 aromatic rings. The molecule has 2 N–H and O–H groups in total. The Morgan fingerprint density at radius 3 is 2.33 bits per heavy atom. The predicted octanol–water partition coefficient (Wildman–Crippen LogP) is 2.13. The molecule has 0 heterocycles. The summed E-state index contributed by atoms with van der Waals surface area (Å²) in [5, 5.41) is 12.6. The van der Waals surface area contributed by atoms with Gasteiger partial charge in [0.05, 0.1) is 20.8 Å². The first-order valence-corrected chi connectivity index (χ1v) is 6.04. The number of hydrogen-bond acceptors (Lipinski definition) is 4. The minimum atomic E-state index is -0.313. The van der Waals surface area contributed by atoms with Crippen molar-refractivity contribution < 1.29 is 14.6 Å². The van der Waals surface area contributed by atoms with Gasteiger partial charge in [-0.05, 0) is 38.5 Å². The van der Waals surface area contributed by atoms with E-state index in [2.05, 4.69) is 12.2 Å². The molecule has 0 fully saturated rings. The van der Waals surface area contributed by atoms with Crippen LogP contribution < -0.4 is 14.8 Å². The Kier molecular flexibility index (Phi) is 4.99. The number of aliphatic hydroxyl groups excluding tert-OH is 1. The third kappa shape index (κ3) is 3.62. The zero-order valence-corrected chi connectivity index (χ0v) is 11.8. The smallest absolute Gasteiger partial charge is 0.161 e. The van der Waals surface area contributed by atoms with E-state index in [9.17, 15) is 5.11 Å². The molecule has 0 bridgehead atoms. The Hall–Kier alpha value is -1.26. The molecule has 0 aliphatic carbocycles. The maximum absolute atomic E-state index is 9.27. The van der Waals surface area contributed by atoms with Crippen LogP contribution in [0, 0.1) is 0 Å². The molecule has 18 heavy (non-hydrogen) atoms. The summed E-state index contributed by atoms with van der Waals surface area (Å²) in [6, 6.07) is 5.95. The summed E-state index contributed by atoms with van der Waals surface area (Å²) >= 11 is 0. The van der Waals surface area contributed by atoms with Crippen molar-refractivity contribution in [3.05, 3.63) is 23.8 Å². The highest BCUT2D eigenvalue weighted by Gasteiger charge is 2.20. The topological polar surface area (TPSA) is 50.7 Å². The lowest BCUT2D eigenvalue weighted by Gasteiger charge is -2.28. The minimum Gasteiger partial charge on any atom is -0.493 e. The fourth-order valence-corrected chi connectivity index (χ4v) is 1.84. The fourth-order valence-electron chi connectivity index (χ4n) is 1.84. The molecular weight excluding hydrogens is 230 g/mol. The summed E-state index contributed by atoms with van der Waals surface area (Å²) in [6.45, 7) is 6.07. The molecule has 0 spiro atoms. The summed E-state index contributed by atoms with van der Waals surface area (Å²) in [5.74, 6) is 1.43. The van der Waals surface area contributed by atoms with Gasteiger partial charge in [-0.2, -0.15) is 0 Å². The van der Waals surface area contributed by atoms with Gasteiger partial charge in [0.2, 0.25) is 0 Å². The average molecular weight is 253 g/mol. The highest BCUT2D eigenvalue weighted by atomic mass is 16.5. The molecule has 0 amide bonds. The predicted molar refractivity (Wildman–Crippen MR) is 72.3 cm³/mol. The van der Waals surface area contributed by atoms with Crippen molar-refractivity contribution in [3.8, 4) is 11.5 Å². The lowest BCUT2D eigenvalue weighted by molar-refractivity contribution is 0.177. The van der Waals surface area contributed by atoms with Crippen LogP contribution in [0.15, 0.2) is 18.2 Å². The molecular formula is C14H23NO3. The number of methoxy groups -OCH3 is 2. The van der Waals surface area contributed by atoms with Crippen molar-refractivity contribution in [2.75, 3.05) is 20.8 Å². The Labute approximate surface area is 109 Å². The van der Waals surface area contributed by atoms with Gasteiger partial charge in [-0.25, -0.2) is 0 Å². The van der Waals surface area contributed by atoms with Crippen molar-refractivity contribution in [2.45, 2.75) is 32.4 Å². The molecule has 0 saturated heterocycles. The van der Waals surface area contributed by atoms with Crippen LogP contribution in [0.2, 0.25) is 0 Å². The van der Waals surface area contributed by atoms with Crippen molar-refractivity contribution >= 4 is 0 Å². The zero-order chi connectivity index (χ0) is 13.8. The number of nitrogens with one attached hydrogen (secondary N) is 1. The van der Waals surface area contributed by atoms with Gasteiger partial charge < -0.3 is 19.9 Å². The molecule has 4 nitrogen and oxygen atoms in total. The molecule has 0 saturated carbocycles. The van der Waals surface area contributed by atoms with E-state index in [0.29, 0.717) is 5.75 Å². The van der Waals surface area contributed by atoms with Crippen molar-refractivity contribution in [3.63, 3.8) is 0 Å². The van der Waals surface area contributed by atoms with Gasteiger partial charge in [0, 0.05) is 11.6 Å². The van der Waals surface area contributed by atoms with Gasteiger partial charge in [0.15, 0.2) is 11.5 Å². The van der Waals surface area contributed by atoms with Gasteiger partial charge in [0.25, 0.3) is 0 Å². The molecule has 102 valence electrons. The van der Waals surface area contributed by atoms with Crippen LogP contribution in [0.4, 0.5) is 0 Å². The maximum Gasteiger partial charge on any atom is 0.161 e. The zero-order valence-electron chi connectivity index (χ0n) is 11.8. The van der Waals surface area contributed by atoms with Crippen LogP contribution in [0.5, 0.6) is 11.5 Å². The molecule has 0 radical (unpaired) electrons. The maximum atomic E-state index is 9.27. The van der Waals surface area contributed by atoms with Crippen LogP contribution in [0.25, 0.3) is 0 Å². The third-order valence-corrected chi connectivity index (χ3v) is 2.91. The van der Waals surface area contributed by atoms with E-state index in [0.717, 1.165) is 11.3 Å². The van der Waals surface area contributed by atoms with Gasteiger partial charge in [-0.15, -0.1) is 0 Å². The molecule has 1 unspecified atom stereocenters. The Balaban J connectivity index is 2.90. The second-order valence-electron chi connectivity index (χ2n) is 5.02. The van der Waals surface area contributed by atoms with Crippen LogP contribution in [0.1, 0.15) is 32.4 Å². The van der Waals surface area contributed by atoms with E-state index in [1.165, 1.54) is 0 Å². The van der Waals surface area contributed by atoms with E-state index < -0.39 is 0 Å². The molecule has 4 heteroatoms. The number of aliphatic hydroxyl groups is 1. The number of rotatable bonds is 6. The lowest BCUT2D eigenvalue weighted by atomic mass is 10.0. The summed E-state index contributed by atoms with van der Waals surface area (Å²) in [6.07, 6.45) is 0. The first-order chi connectivity index (χ1) is 8.43. The van der Waals surface area contributed by atoms with E-state index in [4.69, 9.17) is 9.47 Å². The van der Waals surface area contributed by atoms with Crippen LogP contribution in [-0.4, -0.2) is 31.5 Å². The average Bonchev–Trinajstić information content (AvgIpc) is 2.37. The second kappa shape index (κ2) is 6.07. The minimum absolute atomic E-state index is 0.0879. The lowest BCUT2D eigenvalue weighted by Crippen LogP contribution is -2.43. The van der Waals surface area contributed by atoms with Gasteiger partial charge in [-0.1, -0.05) is 6.07 Å². The molecule has 0 aliphatic rings. The van der Waals surface area contributed by atoms with Crippen molar-refractivity contribution in [2.24, 2.45) is 0 Å². The Morgan fingerprint density at radius 2 is 1.83 bits per heavy atom. The SMILES string of the molecule is COc1ccc(C(C)NC(C)(C)CO)cc1OC. The van der Waals surface area contributed by atoms with E-state index >= 15 is 0 Å². The number of ether oxygens (including phenoxy) is 2. The molecule has 1 aromatic carbocycles. The van der Waals surface area contributed by atoms with Crippen LogP contribution >= 0.6 is 0 Å². The molecule has 1 atom stereocenters. The van der Waals surface area contributed by atoms with E-state index in [-0.39, 0.29) is 18.2 Å². The van der Waals surface area contributed by atoms with E-state index in [1.54, 1.807) is 14.2 Å². The van der Waals surface area contributed by atoms with Crippen molar-refractivity contribution in [1.82, 2.24) is 5.32 Å². The van der Waals surface area contributed by atoms with Gasteiger partial charge in [0.1, 0.15) is 0 Å². The van der Waals surface area contributed by atoms with Crippen LogP contribution in [-0.2, 0) is 0 Å². The normalized spacial score (nSPS) is 13.2. The monoisotopic (exact) mass is 253 g/mol. The first-order valence-electron chi connectivity index (χ1n) is 6.04. The van der Waals surface area contributed by atoms with Gasteiger partial charge >= 0.3 is 0 Å².